The van der Waals surface area contributed by atoms with E-state index in [-0.39, 0.29) is 17.1 Å². The Kier molecular flexibility index (Phi) is 5.74. The van der Waals surface area contributed by atoms with Gasteiger partial charge < -0.3 is 18.9 Å². The first-order chi connectivity index (χ1) is 13.7. The third kappa shape index (κ3) is 4.65. The smallest absolute Gasteiger partial charge is 0.348 e. The van der Waals surface area contributed by atoms with Crippen LogP contribution in [-0.4, -0.2) is 30.8 Å². The first-order valence-electron chi connectivity index (χ1n) is 8.53. The maximum Gasteiger partial charge on any atom is 0.348 e. The SMILES string of the molecule is COc1cc(C=C2C(=O)OC(C)(C)OC2=O)cc(Br)c1OC(=O)c1ccccc1. The third-order valence-electron chi connectivity index (χ3n) is 3.88. The monoisotopic (exact) mass is 460 g/mol. The second kappa shape index (κ2) is 8.08. The Bertz CT molecular complexity index is 987. The molecule has 0 unspecified atom stereocenters. The second-order valence-electron chi connectivity index (χ2n) is 6.53. The lowest BCUT2D eigenvalue weighted by molar-refractivity contribution is -0.222. The lowest BCUT2D eigenvalue weighted by Crippen LogP contribution is -2.41. The second-order valence-corrected chi connectivity index (χ2v) is 7.38. The molecule has 7 nitrogen and oxygen atoms in total. The number of carbonyl (C=O) groups excluding carboxylic acids is 3. The molecule has 0 bridgehead atoms. The Morgan fingerprint density at radius 2 is 1.69 bits per heavy atom. The van der Waals surface area contributed by atoms with Gasteiger partial charge in [-0.1, -0.05) is 18.2 Å². The summed E-state index contributed by atoms with van der Waals surface area (Å²) in [4.78, 5) is 36.6. The summed E-state index contributed by atoms with van der Waals surface area (Å²) in [7, 11) is 1.41. The van der Waals surface area contributed by atoms with Crippen molar-refractivity contribution >= 4 is 39.9 Å². The van der Waals surface area contributed by atoms with Crippen LogP contribution in [0.2, 0.25) is 0 Å². The van der Waals surface area contributed by atoms with E-state index < -0.39 is 23.7 Å². The molecule has 2 aromatic carbocycles. The number of ether oxygens (including phenoxy) is 4. The van der Waals surface area contributed by atoms with Crippen LogP contribution in [0.1, 0.15) is 29.8 Å². The number of benzene rings is 2. The van der Waals surface area contributed by atoms with E-state index in [0.717, 1.165) is 0 Å². The number of cyclic esters (lactones) is 2. The molecule has 0 radical (unpaired) electrons. The van der Waals surface area contributed by atoms with Crippen LogP contribution in [0.5, 0.6) is 11.5 Å². The Morgan fingerprint density at radius 3 is 2.28 bits per heavy atom. The quantitative estimate of drug-likeness (QED) is 0.295. The van der Waals surface area contributed by atoms with Crippen molar-refractivity contribution < 1.29 is 33.3 Å². The van der Waals surface area contributed by atoms with Crippen LogP contribution < -0.4 is 9.47 Å². The van der Waals surface area contributed by atoms with E-state index in [4.69, 9.17) is 18.9 Å². The van der Waals surface area contributed by atoms with Crippen molar-refractivity contribution in [3.05, 3.63) is 63.6 Å². The van der Waals surface area contributed by atoms with Crippen molar-refractivity contribution in [3.63, 3.8) is 0 Å². The topological polar surface area (TPSA) is 88.1 Å². The van der Waals surface area contributed by atoms with Crippen LogP contribution in [0.25, 0.3) is 6.08 Å². The number of hydrogen-bond donors (Lipinski definition) is 0. The fraction of sp³-hybridized carbons (Fsp3) is 0.190. The molecule has 0 N–H and O–H groups in total. The Hall–Kier alpha value is -3.13. The normalized spacial score (nSPS) is 15.2. The average molecular weight is 461 g/mol. The van der Waals surface area contributed by atoms with Crippen molar-refractivity contribution in [3.8, 4) is 11.5 Å². The first-order valence-corrected chi connectivity index (χ1v) is 9.32. The number of methoxy groups -OCH3 is 1. The largest absolute Gasteiger partial charge is 0.493 e. The van der Waals surface area contributed by atoms with Crippen LogP contribution in [0.4, 0.5) is 0 Å². The molecule has 1 heterocycles. The van der Waals surface area contributed by atoms with Crippen molar-refractivity contribution in [2.45, 2.75) is 19.6 Å². The number of esters is 3. The van der Waals surface area contributed by atoms with Gasteiger partial charge in [-0.2, -0.15) is 0 Å². The zero-order valence-corrected chi connectivity index (χ0v) is 17.4. The van der Waals surface area contributed by atoms with Gasteiger partial charge >= 0.3 is 17.9 Å². The number of halogens is 1. The molecule has 0 aliphatic carbocycles. The van der Waals surface area contributed by atoms with Gasteiger partial charge in [0.15, 0.2) is 11.5 Å². The van der Waals surface area contributed by atoms with E-state index in [1.165, 1.54) is 33.1 Å². The van der Waals surface area contributed by atoms with Gasteiger partial charge in [0.1, 0.15) is 5.57 Å². The molecule has 8 heteroatoms. The molecule has 150 valence electrons. The minimum atomic E-state index is -1.32. The van der Waals surface area contributed by atoms with Gasteiger partial charge in [-0.05, 0) is 51.8 Å². The lowest BCUT2D eigenvalue weighted by atomic mass is 10.1. The standard InChI is InChI=1S/C21H17BrO7/c1-21(2)28-19(24)14(20(25)29-21)9-12-10-15(22)17(16(11-12)26-3)27-18(23)13-7-5-4-6-8-13/h4-11H,1-3H3. The number of rotatable bonds is 4. The van der Waals surface area contributed by atoms with Crippen LogP contribution in [0.15, 0.2) is 52.5 Å². The summed E-state index contributed by atoms with van der Waals surface area (Å²) in [5.74, 6) is -3.06. The van der Waals surface area contributed by atoms with E-state index in [0.29, 0.717) is 15.6 Å². The molecule has 1 saturated heterocycles. The molecule has 3 rings (SSSR count). The molecule has 0 spiro atoms. The predicted molar refractivity (Wildman–Crippen MR) is 106 cm³/mol. The summed E-state index contributed by atoms with van der Waals surface area (Å²) in [6, 6.07) is 11.6. The first kappa shape index (κ1) is 20.6. The van der Waals surface area contributed by atoms with Crippen LogP contribution in [-0.2, 0) is 19.1 Å². The molecule has 0 aromatic heterocycles. The fourth-order valence-electron chi connectivity index (χ4n) is 2.59. The Morgan fingerprint density at radius 1 is 1.07 bits per heavy atom. The molecule has 2 aromatic rings. The zero-order valence-electron chi connectivity index (χ0n) is 15.9. The summed E-state index contributed by atoms with van der Waals surface area (Å²) < 4.78 is 21.3. The van der Waals surface area contributed by atoms with E-state index in [9.17, 15) is 14.4 Å². The minimum Gasteiger partial charge on any atom is -0.493 e. The lowest BCUT2D eigenvalue weighted by Gasteiger charge is -2.29. The van der Waals surface area contributed by atoms with E-state index in [1.807, 2.05) is 0 Å². The van der Waals surface area contributed by atoms with Crippen molar-refractivity contribution in [1.29, 1.82) is 0 Å². The molecular formula is C21H17BrO7. The highest BCUT2D eigenvalue weighted by Crippen LogP contribution is 2.38. The van der Waals surface area contributed by atoms with Gasteiger partial charge in [0.05, 0.1) is 17.1 Å². The van der Waals surface area contributed by atoms with Crippen LogP contribution >= 0.6 is 15.9 Å². The van der Waals surface area contributed by atoms with Gasteiger partial charge in [-0.15, -0.1) is 0 Å². The molecule has 0 saturated carbocycles. The van der Waals surface area contributed by atoms with Gasteiger partial charge in [0.25, 0.3) is 5.79 Å². The number of carbonyl (C=O) groups is 3. The third-order valence-corrected chi connectivity index (χ3v) is 4.47. The van der Waals surface area contributed by atoms with Gasteiger partial charge in [0, 0.05) is 13.8 Å². The molecule has 29 heavy (non-hydrogen) atoms. The highest BCUT2D eigenvalue weighted by molar-refractivity contribution is 9.10. The van der Waals surface area contributed by atoms with Gasteiger partial charge in [0.2, 0.25) is 0 Å². The zero-order chi connectivity index (χ0) is 21.2. The van der Waals surface area contributed by atoms with Crippen LogP contribution in [0.3, 0.4) is 0 Å². The molecule has 0 atom stereocenters. The summed E-state index contributed by atoms with van der Waals surface area (Å²) in [5.41, 5.74) is 0.562. The molecule has 0 amide bonds. The van der Waals surface area contributed by atoms with Crippen molar-refractivity contribution in [2.24, 2.45) is 0 Å². The van der Waals surface area contributed by atoms with Gasteiger partial charge in [-0.25, -0.2) is 14.4 Å². The molecular weight excluding hydrogens is 444 g/mol. The highest BCUT2D eigenvalue weighted by atomic mass is 79.9. The fourth-order valence-corrected chi connectivity index (χ4v) is 3.13. The van der Waals surface area contributed by atoms with E-state index in [1.54, 1.807) is 36.4 Å². The molecule has 1 aliphatic heterocycles. The Balaban J connectivity index is 1.92. The average Bonchev–Trinajstić information content (AvgIpc) is 2.66. The van der Waals surface area contributed by atoms with E-state index >= 15 is 0 Å². The molecule has 1 aliphatic rings. The highest BCUT2D eigenvalue weighted by Gasteiger charge is 2.38. The summed E-state index contributed by atoms with van der Waals surface area (Å²) >= 11 is 3.33. The van der Waals surface area contributed by atoms with Crippen molar-refractivity contribution in [2.75, 3.05) is 7.11 Å². The van der Waals surface area contributed by atoms with Crippen LogP contribution in [0, 0.1) is 0 Å². The minimum absolute atomic E-state index is 0.165. The summed E-state index contributed by atoms with van der Waals surface area (Å²) in [6.45, 7) is 2.93. The van der Waals surface area contributed by atoms with E-state index in [2.05, 4.69) is 15.9 Å². The maximum atomic E-state index is 12.4. The molecule has 1 fully saturated rings. The summed E-state index contributed by atoms with van der Waals surface area (Å²) in [6.07, 6.45) is 1.32. The summed E-state index contributed by atoms with van der Waals surface area (Å²) in [5, 5.41) is 0. The Labute approximate surface area is 175 Å². The van der Waals surface area contributed by atoms with Crippen molar-refractivity contribution in [1.82, 2.24) is 0 Å². The predicted octanol–water partition coefficient (Wildman–Crippen LogP) is 3.90. The van der Waals surface area contributed by atoms with Gasteiger partial charge in [-0.3, -0.25) is 0 Å². The maximum absolute atomic E-state index is 12.4. The number of hydrogen-bond acceptors (Lipinski definition) is 7.